The molecule has 2 aromatic heterocycles. The minimum absolute atomic E-state index is 0.129. The van der Waals surface area contributed by atoms with Gasteiger partial charge in [0.05, 0.1) is 34.9 Å². The van der Waals surface area contributed by atoms with Gasteiger partial charge < -0.3 is 15.0 Å². The molecule has 148 valence electrons. The number of aromatic amines is 1. The molecule has 0 radical (unpaired) electrons. The number of imidazole rings is 1. The predicted octanol–water partition coefficient (Wildman–Crippen LogP) is 4.02. The van der Waals surface area contributed by atoms with Crippen molar-refractivity contribution in [2.24, 2.45) is 0 Å². The van der Waals surface area contributed by atoms with Crippen LogP contribution >= 0.6 is 0 Å². The Bertz CT molecular complexity index is 1190. The summed E-state index contributed by atoms with van der Waals surface area (Å²) in [7, 11) is 1.63. The number of hydrogen-bond acceptors (Lipinski definition) is 4. The van der Waals surface area contributed by atoms with Gasteiger partial charge in [-0.25, -0.2) is 4.98 Å². The second kappa shape index (κ2) is 7.54. The molecule has 0 bridgehead atoms. The number of carbonyl (C=O) groups is 1. The van der Waals surface area contributed by atoms with E-state index in [4.69, 9.17) is 4.74 Å². The van der Waals surface area contributed by atoms with Crippen LogP contribution in [0, 0.1) is 20.8 Å². The van der Waals surface area contributed by atoms with Crippen molar-refractivity contribution in [1.29, 1.82) is 0 Å². The van der Waals surface area contributed by atoms with Crippen molar-refractivity contribution in [3.8, 4) is 5.75 Å². The van der Waals surface area contributed by atoms with Crippen molar-refractivity contribution in [2.45, 2.75) is 27.2 Å². The van der Waals surface area contributed by atoms with Crippen molar-refractivity contribution in [1.82, 2.24) is 20.3 Å². The number of methoxy groups -OCH3 is 1. The molecule has 0 aliphatic heterocycles. The summed E-state index contributed by atoms with van der Waals surface area (Å²) in [5, 5.41) is 3.89. The summed E-state index contributed by atoms with van der Waals surface area (Å²) in [5.74, 6) is 1.49. The van der Waals surface area contributed by atoms with Crippen LogP contribution in [0.2, 0.25) is 0 Å². The maximum Gasteiger partial charge on any atom is 0.253 e. The van der Waals surface area contributed by atoms with Crippen LogP contribution in [-0.2, 0) is 6.42 Å². The van der Waals surface area contributed by atoms with Crippen LogP contribution < -0.4 is 10.1 Å². The smallest absolute Gasteiger partial charge is 0.253 e. The predicted molar refractivity (Wildman–Crippen MR) is 115 cm³/mol. The van der Waals surface area contributed by atoms with Gasteiger partial charge in [-0.3, -0.25) is 9.78 Å². The van der Waals surface area contributed by atoms with Crippen LogP contribution in [-0.4, -0.2) is 34.5 Å². The minimum Gasteiger partial charge on any atom is -0.497 e. The number of ether oxygens (including phenoxy) is 1. The van der Waals surface area contributed by atoms with E-state index in [-0.39, 0.29) is 5.91 Å². The standard InChI is InChI=1S/C23H24N4O2/c1-13-9-20-21(10-14(13)2)27-22(26-20)7-8-24-23(28)18-11-16-5-6-17(29-4)12-19(16)25-15(18)3/h5-6,9-12H,7-8H2,1-4H3,(H,24,28)(H,26,27). The molecule has 0 aliphatic carbocycles. The molecule has 2 aromatic carbocycles. The molecule has 1 amide bonds. The number of hydrogen-bond donors (Lipinski definition) is 2. The number of fused-ring (bicyclic) bond motifs is 2. The molecular formula is C23H24N4O2. The summed E-state index contributed by atoms with van der Waals surface area (Å²) in [6, 6.07) is 11.7. The van der Waals surface area contributed by atoms with Gasteiger partial charge in [-0.05, 0) is 62.2 Å². The quantitative estimate of drug-likeness (QED) is 0.541. The summed E-state index contributed by atoms with van der Waals surface area (Å²) in [6.45, 7) is 6.51. The van der Waals surface area contributed by atoms with Crippen LogP contribution in [0.3, 0.4) is 0 Å². The highest BCUT2D eigenvalue weighted by Gasteiger charge is 2.12. The van der Waals surface area contributed by atoms with Gasteiger partial charge >= 0.3 is 0 Å². The Balaban J connectivity index is 1.46. The van der Waals surface area contributed by atoms with Gasteiger partial charge in [0.1, 0.15) is 11.6 Å². The van der Waals surface area contributed by atoms with Crippen molar-refractivity contribution >= 4 is 27.8 Å². The highest BCUT2D eigenvalue weighted by Crippen LogP contribution is 2.22. The number of nitrogens with one attached hydrogen (secondary N) is 2. The van der Waals surface area contributed by atoms with E-state index in [0.717, 1.165) is 33.5 Å². The average Bonchev–Trinajstić information content (AvgIpc) is 3.08. The second-order valence-electron chi connectivity index (χ2n) is 7.32. The lowest BCUT2D eigenvalue weighted by Gasteiger charge is -2.09. The first kappa shape index (κ1) is 18.9. The summed E-state index contributed by atoms with van der Waals surface area (Å²) in [5.41, 5.74) is 6.53. The monoisotopic (exact) mass is 388 g/mol. The molecule has 0 fully saturated rings. The van der Waals surface area contributed by atoms with E-state index in [1.807, 2.05) is 31.2 Å². The Hall–Kier alpha value is -3.41. The van der Waals surface area contributed by atoms with E-state index < -0.39 is 0 Å². The zero-order valence-electron chi connectivity index (χ0n) is 17.1. The Labute approximate surface area is 169 Å². The summed E-state index contributed by atoms with van der Waals surface area (Å²) >= 11 is 0. The fourth-order valence-corrected chi connectivity index (χ4v) is 3.43. The Morgan fingerprint density at radius 1 is 1.03 bits per heavy atom. The van der Waals surface area contributed by atoms with E-state index in [2.05, 4.69) is 46.2 Å². The number of pyridine rings is 1. The number of aromatic nitrogens is 3. The van der Waals surface area contributed by atoms with Crippen molar-refractivity contribution in [3.05, 3.63) is 64.6 Å². The SMILES string of the molecule is COc1ccc2cc(C(=O)NCCc3nc4cc(C)c(C)cc4[nH]3)c(C)nc2c1. The topological polar surface area (TPSA) is 79.9 Å². The van der Waals surface area contributed by atoms with E-state index >= 15 is 0 Å². The van der Waals surface area contributed by atoms with Crippen molar-refractivity contribution in [3.63, 3.8) is 0 Å². The van der Waals surface area contributed by atoms with E-state index in [1.54, 1.807) is 7.11 Å². The van der Waals surface area contributed by atoms with Crippen molar-refractivity contribution in [2.75, 3.05) is 13.7 Å². The fraction of sp³-hybridized carbons (Fsp3) is 0.261. The van der Waals surface area contributed by atoms with Crippen LogP contribution in [0.25, 0.3) is 21.9 Å². The zero-order valence-corrected chi connectivity index (χ0v) is 17.1. The normalized spacial score (nSPS) is 11.2. The fourth-order valence-electron chi connectivity index (χ4n) is 3.43. The van der Waals surface area contributed by atoms with Gasteiger partial charge in [0, 0.05) is 24.4 Å². The van der Waals surface area contributed by atoms with E-state index in [1.165, 1.54) is 11.1 Å². The number of amides is 1. The van der Waals surface area contributed by atoms with Crippen LogP contribution in [0.1, 0.15) is 33.0 Å². The molecule has 0 spiro atoms. The van der Waals surface area contributed by atoms with E-state index in [9.17, 15) is 4.79 Å². The molecule has 2 N–H and O–H groups in total. The lowest BCUT2D eigenvalue weighted by molar-refractivity contribution is 0.0953. The summed E-state index contributed by atoms with van der Waals surface area (Å²) in [6.07, 6.45) is 0.635. The van der Waals surface area contributed by atoms with Gasteiger partial charge in [-0.15, -0.1) is 0 Å². The summed E-state index contributed by atoms with van der Waals surface area (Å²) < 4.78 is 5.24. The van der Waals surface area contributed by atoms with Crippen LogP contribution in [0.4, 0.5) is 0 Å². The van der Waals surface area contributed by atoms with Gasteiger partial charge in [-0.1, -0.05) is 0 Å². The summed E-state index contributed by atoms with van der Waals surface area (Å²) in [4.78, 5) is 25.2. The maximum absolute atomic E-state index is 12.7. The first-order valence-electron chi connectivity index (χ1n) is 9.64. The molecule has 0 atom stereocenters. The molecule has 0 saturated carbocycles. The third-order valence-corrected chi connectivity index (χ3v) is 5.25. The molecule has 4 rings (SSSR count). The molecule has 0 aliphatic rings. The first-order chi connectivity index (χ1) is 13.9. The molecule has 0 unspecified atom stereocenters. The Kier molecular flexibility index (Phi) is 4.92. The lowest BCUT2D eigenvalue weighted by Crippen LogP contribution is -2.26. The molecule has 6 nitrogen and oxygen atoms in total. The van der Waals surface area contributed by atoms with E-state index in [0.29, 0.717) is 24.2 Å². The van der Waals surface area contributed by atoms with Crippen LogP contribution in [0.15, 0.2) is 36.4 Å². The number of aryl methyl sites for hydroxylation is 3. The first-order valence-corrected chi connectivity index (χ1v) is 9.64. The maximum atomic E-state index is 12.7. The zero-order chi connectivity index (χ0) is 20.5. The van der Waals surface area contributed by atoms with Crippen LogP contribution in [0.5, 0.6) is 5.75 Å². The van der Waals surface area contributed by atoms with Gasteiger partial charge in [-0.2, -0.15) is 0 Å². The Morgan fingerprint density at radius 2 is 1.83 bits per heavy atom. The number of carbonyl (C=O) groups excluding carboxylic acids is 1. The van der Waals surface area contributed by atoms with Crippen molar-refractivity contribution < 1.29 is 9.53 Å². The van der Waals surface area contributed by atoms with Gasteiger partial charge in [0.25, 0.3) is 5.91 Å². The number of benzene rings is 2. The third-order valence-electron chi connectivity index (χ3n) is 5.25. The largest absolute Gasteiger partial charge is 0.497 e. The molecular weight excluding hydrogens is 364 g/mol. The number of nitrogens with zero attached hydrogens (tertiary/aromatic N) is 2. The molecule has 0 saturated heterocycles. The van der Waals surface area contributed by atoms with Gasteiger partial charge in [0.2, 0.25) is 0 Å². The average molecular weight is 388 g/mol. The number of rotatable bonds is 5. The third kappa shape index (κ3) is 3.78. The molecule has 2 heterocycles. The number of H-pyrrole nitrogens is 1. The lowest BCUT2D eigenvalue weighted by atomic mass is 10.1. The highest BCUT2D eigenvalue weighted by atomic mass is 16.5. The second-order valence-corrected chi connectivity index (χ2v) is 7.32. The Morgan fingerprint density at radius 3 is 2.62 bits per heavy atom. The highest BCUT2D eigenvalue weighted by molar-refractivity contribution is 5.98. The minimum atomic E-state index is -0.129. The van der Waals surface area contributed by atoms with Gasteiger partial charge in [0.15, 0.2) is 0 Å². The molecule has 4 aromatic rings. The molecule has 29 heavy (non-hydrogen) atoms. The molecule has 6 heteroatoms.